The van der Waals surface area contributed by atoms with Crippen molar-refractivity contribution in [3.05, 3.63) is 53.6 Å². The Kier molecular flexibility index (Phi) is 7.88. The van der Waals surface area contributed by atoms with Crippen LogP contribution in [0.15, 0.2) is 42.5 Å². The lowest BCUT2D eigenvalue weighted by molar-refractivity contribution is -0.132. The number of nitrogens with one attached hydrogen (secondary N) is 2. The van der Waals surface area contributed by atoms with Gasteiger partial charge < -0.3 is 20.0 Å². The highest BCUT2D eigenvalue weighted by molar-refractivity contribution is 6.74. The van der Waals surface area contributed by atoms with Gasteiger partial charge in [-0.3, -0.25) is 9.59 Å². The Labute approximate surface area is 205 Å². The highest BCUT2D eigenvalue weighted by Crippen LogP contribution is 2.38. The summed E-state index contributed by atoms with van der Waals surface area (Å²) in [6, 6.07) is 13.7. The molecular formula is C27H39N3O3Si. The normalized spacial score (nSPS) is 16.4. The molecule has 0 aliphatic carbocycles. The van der Waals surface area contributed by atoms with Crippen LogP contribution in [0.3, 0.4) is 0 Å². The van der Waals surface area contributed by atoms with Crippen molar-refractivity contribution in [1.82, 2.24) is 0 Å². The number of benzene rings is 2. The minimum absolute atomic E-state index is 0.158. The van der Waals surface area contributed by atoms with Crippen LogP contribution >= 0.6 is 0 Å². The number of carbonyl (C=O) groups excluding carboxylic acids is 2. The van der Waals surface area contributed by atoms with Gasteiger partial charge in [-0.2, -0.15) is 0 Å². The van der Waals surface area contributed by atoms with E-state index < -0.39 is 20.1 Å². The second-order valence-corrected chi connectivity index (χ2v) is 15.7. The first-order valence-electron chi connectivity index (χ1n) is 12.1. The van der Waals surface area contributed by atoms with Crippen molar-refractivity contribution in [1.29, 1.82) is 0 Å². The summed E-state index contributed by atoms with van der Waals surface area (Å²) in [5, 5.41) is 5.70. The van der Waals surface area contributed by atoms with Crippen molar-refractivity contribution in [2.24, 2.45) is 0 Å². The molecule has 1 aliphatic heterocycles. The molecule has 0 bridgehead atoms. The molecule has 2 aromatic carbocycles. The second kappa shape index (κ2) is 10.3. The zero-order valence-electron chi connectivity index (χ0n) is 21.6. The molecule has 2 aromatic rings. The molecule has 0 saturated carbocycles. The number of rotatable bonds is 6. The Hall–Kier alpha value is -2.64. The van der Waals surface area contributed by atoms with Crippen molar-refractivity contribution in [3.63, 3.8) is 0 Å². The molecule has 6 nitrogen and oxygen atoms in total. The molecule has 1 fully saturated rings. The number of hydrogen-bond donors (Lipinski definition) is 2. The first kappa shape index (κ1) is 26.0. The standard InChI is InChI=1S/C27H39N3O3Si/c1-19-15-20(2)17-21(16-19)28-25(31)26(32)29-23-12-8-9-13-24(23)30-14-10-11-22(30)18-33-34(6,7)27(3,4)5/h8-9,12-13,15-17,22H,10-11,14,18H2,1-7H3,(H,28,31)(H,29,32)/t22-/m0/s1. The third-order valence-electron chi connectivity index (χ3n) is 6.97. The van der Waals surface area contributed by atoms with E-state index in [4.69, 9.17) is 4.43 Å². The number of amides is 2. The molecular weight excluding hydrogens is 442 g/mol. The lowest BCUT2D eigenvalue weighted by Gasteiger charge is -2.38. The SMILES string of the molecule is Cc1cc(C)cc(NC(=O)C(=O)Nc2ccccc2N2CCC[C@H]2CO[Si](C)(C)C(C)(C)C)c1. The first-order valence-corrected chi connectivity index (χ1v) is 15.0. The van der Waals surface area contributed by atoms with E-state index in [0.717, 1.165) is 36.2 Å². The molecule has 1 heterocycles. The zero-order valence-corrected chi connectivity index (χ0v) is 22.6. The Morgan fingerprint density at radius 2 is 1.65 bits per heavy atom. The summed E-state index contributed by atoms with van der Waals surface area (Å²) >= 11 is 0. The van der Waals surface area contributed by atoms with E-state index in [1.54, 1.807) is 0 Å². The predicted molar refractivity (Wildman–Crippen MR) is 143 cm³/mol. The quantitative estimate of drug-likeness (QED) is 0.400. The van der Waals surface area contributed by atoms with Crippen LogP contribution in [0.1, 0.15) is 44.7 Å². The zero-order chi connectivity index (χ0) is 25.1. The van der Waals surface area contributed by atoms with Crippen LogP contribution in [0.4, 0.5) is 17.1 Å². The van der Waals surface area contributed by atoms with Crippen LogP contribution < -0.4 is 15.5 Å². The lowest BCUT2D eigenvalue weighted by atomic mass is 10.1. The maximum Gasteiger partial charge on any atom is 0.314 e. The fraction of sp³-hybridized carbons (Fsp3) is 0.481. The van der Waals surface area contributed by atoms with Gasteiger partial charge in [-0.15, -0.1) is 0 Å². The van der Waals surface area contributed by atoms with Gasteiger partial charge in [0.15, 0.2) is 8.32 Å². The van der Waals surface area contributed by atoms with Gasteiger partial charge in [0.25, 0.3) is 0 Å². The van der Waals surface area contributed by atoms with Crippen LogP contribution in [0.25, 0.3) is 0 Å². The van der Waals surface area contributed by atoms with E-state index in [0.29, 0.717) is 18.0 Å². The van der Waals surface area contributed by atoms with Crippen LogP contribution in [0.2, 0.25) is 18.1 Å². The molecule has 0 radical (unpaired) electrons. The Morgan fingerprint density at radius 3 is 2.29 bits per heavy atom. The van der Waals surface area contributed by atoms with Crippen LogP contribution in [-0.2, 0) is 14.0 Å². The molecule has 3 rings (SSSR count). The average molecular weight is 482 g/mol. The predicted octanol–water partition coefficient (Wildman–Crippen LogP) is 5.87. The molecule has 2 amide bonds. The topological polar surface area (TPSA) is 70.7 Å². The number of nitrogens with zero attached hydrogens (tertiary/aromatic N) is 1. The van der Waals surface area contributed by atoms with Crippen LogP contribution in [0.5, 0.6) is 0 Å². The first-order chi connectivity index (χ1) is 15.9. The highest BCUT2D eigenvalue weighted by Gasteiger charge is 2.38. The maximum atomic E-state index is 12.7. The largest absolute Gasteiger partial charge is 0.415 e. The van der Waals surface area contributed by atoms with Gasteiger partial charge in [-0.25, -0.2) is 0 Å². The van der Waals surface area contributed by atoms with E-state index in [1.165, 1.54) is 0 Å². The van der Waals surface area contributed by atoms with Crippen molar-refractivity contribution in [3.8, 4) is 0 Å². The van der Waals surface area contributed by atoms with Crippen molar-refractivity contribution in [2.45, 2.75) is 71.6 Å². The van der Waals surface area contributed by atoms with E-state index in [-0.39, 0.29) is 11.1 Å². The third-order valence-corrected chi connectivity index (χ3v) is 11.5. The van der Waals surface area contributed by atoms with Gasteiger partial charge in [-0.05, 0) is 80.2 Å². The summed E-state index contributed by atoms with van der Waals surface area (Å²) in [4.78, 5) is 27.6. The fourth-order valence-corrected chi connectivity index (χ4v) is 5.13. The molecule has 184 valence electrons. The van der Waals surface area contributed by atoms with Crippen LogP contribution in [0, 0.1) is 13.8 Å². The summed E-state index contributed by atoms with van der Waals surface area (Å²) < 4.78 is 6.52. The molecule has 2 N–H and O–H groups in total. The minimum Gasteiger partial charge on any atom is -0.415 e. The highest BCUT2D eigenvalue weighted by atomic mass is 28.4. The smallest absolute Gasteiger partial charge is 0.314 e. The molecule has 7 heteroatoms. The third kappa shape index (κ3) is 6.27. The Morgan fingerprint density at radius 1 is 1.03 bits per heavy atom. The van der Waals surface area contributed by atoms with Gasteiger partial charge in [0.2, 0.25) is 0 Å². The summed E-state index contributed by atoms with van der Waals surface area (Å²) in [6.07, 6.45) is 2.12. The second-order valence-electron chi connectivity index (χ2n) is 10.9. The number of carbonyl (C=O) groups is 2. The molecule has 0 spiro atoms. The molecule has 0 aromatic heterocycles. The number of anilines is 3. The number of para-hydroxylation sites is 2. The molecule has 1 aliphatic rings. The van der Waals surface area contributed by atoms with Gasteiger partial charge in [-0.1, -0.05) is 39.0 Å². The Balaban J connectivity index is 1.71. The van der Waals surface area contributed by atoms with Gasteiger partial charge in [0, 0.05) is 12.2 Å². The van der Waals surface area contributed by atoms with Crippen molar-refractivity contribution < 1.29 is 14.0 Å². The monoisotopic (exact) mass is 481 g/mol. The average Bonchev–Trinajstić information content (AvgIpc) is 3.19. The summed E-state index contributed by atoms with van der Waals surface area (Å²) in [7, 11) is -1.85. The molecule has 1 atom stereocenters. The fourth-order valence-electron chi connectivity index (χ4n) is 4.09. The van der Waals surface area contributed by atoms with Gasteiger partial charge >= 0.3 is 11.8 Å². The van der Waals surface area contributed by atoms with Gasteiger partial charge in [0.05, 0.1) is 24.0 Å². The number of aryl methyl sites for hydroxylation is 2. The van der Waals surface area contributed by atoms with Crippen LogP contribution in [-0.4, -0.2) is 39.3 Å². The van der Waals surface area contributed by atoms with Crippen molar-refractivity contribution >= 4 is 37.2 Å². The van der Waals surface area contributed by atoms with E-state index in [2.05, 4.69) is 49.4 Å². The molecule has 34 heavy (non-hydrogen) atoms. The van der Waals surface area contributed by atoms with Crippen molar-refractivity contribution in [2.75, 3.05) is 28.7 Å². The number of hydrogen-bond acceptors (Lipinski definition) is 4. The van der Waals surface area contributed by atoms with E-state index >= 15 is 0 Å². The molecule has 0 unspecified atom stereocenters. The van der Waals surface area contributed by atoms with E-state index in [1.807, 2.05) is 56.3 Å². The summed E-state index contributed by atoms with van der Waals surface area (Å²) in [5.41, 5.74) is 4.24. The summed E-state index contributed by atoms with van der Waals surface area (Å²) in [5.74, 6) is -1.36. The maximum absolute atomic E-state index is 12.7. The summed E-state index contributed by atoms with van der Waals surface area (Å²) in [6.45, 7) is 16.8. The van der Waals surface area contributed by atoms with Gasteiger partial charge in [0.1, 0.15) is 0 Å². The lowest BCUT2D eigenvalue weighted by Crippen LogP contribution is -2.45. The minimum atomic E-state index is -1.85. The molecule has 1 saturated heterocycles. The Bertz CT molecular complexity index is 1030. The van der Waals surface area contributed by atoms with E-state index in [9.17, 15) is 9.59 Å².